The Labute approximate surface area is 123 Å². The number of aryl methyl sites for hydroxylation is 1. The van der Waals surface area contributed by atoms with E-state index in [0.717, 1.165) is 5.69 Å². The van der Waals surface area contributed by atoms with Gasteiger partial charge in [-0.15, -0.1) is 0 Å². The van der Waals surface area contributed by atoms with E-state index in [1.807, 2.05) is 13.8 Å². The first-order chi connectivity index (χ1) is 9.86. The predicted molar refractivity (Wildman–Crippen MR) is 81.8 cm³/mol. The number of nitrogens with zero attached hydrogens (tertiary/aromatic N) is 1. The second kappa shape index (κ2) is 5.91. The summed E-state index contributed by atoms with van der Waals surface area (Å²) < 4.78 is 13.2. The summed E-state index contributed by atoms with van der Waals surface area (Å²) in [6.45, 7) is 5.60. The van der Waals surface area contributed by atoms with Crippen molar-refractivity contribution >= 4 is 17.4 Å². The van der Waals surface area contributed by atoms with Crippen molar-refractivity contribution < 1.29 is 9.18 Å². The third-order valence-electron chi connectivity index (χ3n) is 3.13. The molecule has 110 valence electrons. The highest BCUT2D eigenvalue weighted by molar-refractivity contribution is 6.04. The molecule has 21 heavy (non-hydrogen) atoms. The highest BCUT2D eigenvalue weighted by Crippen LogP contribution is 2.18. The number of rotatable bonds is 3. The Hall–Kier alpha value is -2.43. The molecule has 2 aromatic rings. The van der Waals surface area contributed by atoms with Gasteiger partial charge in [0.1, 0.15) is 11.6 Å². The zero-order chi connectivity index (χ0) is 15.6. The maximum absolute atomic E-state index is 13.2. The molecule has 4 nitrogen and oxygen atoms in total. The van der Waals surface area contributed by atoms with Gasteiger partial charge in [0.05, 0.1) is 0 Å². The molecule has 0 saturated heterocycles. The average Bonchev–Trinajstić information content (AvgIpc) is 2.42. The second-order valence-electron chi connectivity index (χ2n) is 5.28. The average molecular weight is 287 g/mol. The van der Waals surface area contributed by atoms with E-state index in [0.29, 0.717) is 22.6 Å². The third-order valence-corrected chi connectivity index (χ3v) is 3.13. The van der Waals surface area contributed by atoms with E-state index in [-0.39, 0.29) is 17.6 Å². The number of nitrogens with two attached hydrogens (primary N) is 1. The minimum atomic E-state index is -0.303. The Morgan fingerprint density at radius 3 is 2.62 bits per heavy atom. The van der Waals surface area contributed by atoms with Gasteiger partial charge in [0.2, 0.25) is 0 Å². The molecule has 5 heteroatoms. The van der Waals surface area contributed by atoms with Crippen LogP contribution in [0.25, 0.3) is 0 Å². The van der Waals surface area contributed by atoms with Crippen LogP contribution in [0.4, 0.5) is 15.9 Å². The first-order valence-electron chi connectivity index (χ1n) is 6.72. The van der Waals surface area contributed by atoms with E-state index in [2.05, 4.69) is 10.3 Å². The van der Waals surface area contributed by atoms with E-state index in [4.69, 9.17) is 5.73 Å². The van der Waals surface area contributed by atoms with E-state index >= 15 is 0 Å². The number of nitrogens with one attached hydrogen (secondary N) is 1. The molecule has 0 unspecified atom stereocenters. The van der Waals surface area contributed by atoms with Crippen molar-refractivity contribution in [2.75, 3.05) is 11.1 Å². The van der Waals surface area contributed by atoms with E-state index in [9.17, 15) is 9.18 Å². The molecule has 1 aromatic carbocycles. The second-order valence-corrected chi connectivity index (χ2v) is 5.28. The highest BCUT2D eigenvalue weighted by atomic mass is 19.1. The molecule has 0 radical (unpaired) electrons. The highest BCUT2D eigenvalue weighted by Gasteiger charge is 2.11. The van der Waals surface area contributed by atoms with Crippen LogP contribution in [0.2, 0.25) is 0 Å². The van der Waals surface area contributed by atoms with Crippen LogP contribution in [-0.2, 0) is 0 Å². The molecule has 0 atom stereocenters. The summed E-state index contributed by atoms with van der Waals surface area (Å²) >= 11 is 0. The standard InChI is InChI=1S/C16H18FN3O/c1-9(2)14-7-11(8-15(18)20-14)16(21)19-12-4-5-13(17)10(3)6-12/h4-9H,1-3H3,(H2,18,20)(H,19,21). The number of hydrogen-bond donors (Lipinski definition) is 2. The van der Waals surface area contributed by atoms with E-state index < -0.39 is 0 Å². The first-order valence-corrected chi connectivity index (χ1v) is 6.72. The SMILES string of the molecule is Cc1cc(NC(=O)c2cc(N)nc(C(C)C)c2)ccc1F. The normalized spacial score (nSPS) is 10.7. The number of nitrogen functional groups attached to an aromatic ring is 1. The van der Waals surface area contributed by atoms with Crippen molar-refractivity contribution in [3.05, 3.63) is 53.0 Å². The zero-order valence-corrected chi connectivity index (χ0v) is 12.3. The summed E-state index contributed by atoms with van der Waals surface area (Å²) in [6.07, 6.45) is 0. The maximum atomic E-state index is 13.2. The Bertz CT molecular complexity index is 683. The number of pyridine rings is 1. The summed E-state index contributed by atoms with van der Waals surface area (Å²) in [5, 5.41) is 2.73. The van der Waals surface area contributed by atoms with Gasteiger partial charge in [-0.2, -0.15) is 0 Å². The molecule has 1 amide bonds. The van der Waals surface area contributed by atoms with Gasteiger partial charge in [-0.1, -0.05) is 13.8 Å². The molecule has 1 aromatic heterocycles. The van der Waals surface area contributed by atoms with E-state index in [1.54, 1.807) is 19.1 Å². The lowest BCUT2D eigenvalue weighted by atomic mass is 10.1. The largest absolute Gasteiger partial charge is 0.384 e. The first kappa shape index (κ1) is 15.0. The number of benzene rings is 1. The molecule has 0 saturated carbocycles. The van der Waals surface area contributed by atoms with Gasteiger partial charge in [0.25, 0.3) is 5.91 Å². The molecule has 3 N–H and O–H groups in total. The van der Waals surface area contributed by atoms with Gasteiger partial charge < -0.3 is 11.1 Å². The fraction of sp³-hybridized carbons (Fsp3) is 0.250. The Balaban J connectivity index is 2.25. The number of aromatic nitrogens is 1. The summed E-state index contributed by atoms with van der Waals surface area (Å²) in [5.41, 5.74) is 7.95. The van der Waals surface area contributed by atoms with Crippen LogP contribution in [0.15, 0.2) is 30.3 Å². The molecule has 0 aliphatic carbocycles. The van der Waals surface area contributed by atoms with Crippen LogP contribution >= 0.6 is 0 Å². The van der Waals surface area contributed by atoms with Gasteiger partial charge in [-0.25, -0.2) is 9.37 Å². The van der Waals surface area contributed by atoms with Crippen LogP contribution in [0, 0.1) is 12.7 Å². The van der Waals surface area contributed by atoms with Crippen LogP contribution < -0.4 is 11.1 Å². The summed E-state index contributed by atoms with van der Waals surface area (Å²) in [7, 11) is 0. The Kier molecular flexibility index (Phi) is 4.21. The molecule has 0 bridgehead atoms. The zero-order valence-electron chi connectivity index (χ0n) is 12.3. The van der Waals surface area contributed by atoms with Crippen molar-refractivity contribution in [1.82, 2.24) is 4.98 Å². The van der Waals surface area contributed by atoms with Gasteiger partial charge in [0, 0.05) is 16.9 Å². The summed E-state index contributed by atoms with van der Waals surface area (Å²) in [6, 6.07) is 7.67. The molecule has 1 heterocycles. The van der Waals surface area contributed by atoms with Gasteiger partial charge in [0.15, 0.2) is 0 Å². The third kappa shape index (κ3) is 3.56. The lowest BCUT2D eigenvalue weighted by Gasteiger charge is -2.10. The minimum absolute atomic E-state index is 0.174. The van der Waals surface area contributed by atoms with Crippen molar-refractivity contribution in [1.29, 1.82) is 0 Å². The van der Waals surface area contributed by atoms with Crippen molar-refractivity contribution in [2.45, 2.75) is 26.7 Å². The number of carbonyl (C=O) groups is 1. The Morgan fingerprint density at radius 1 is 1.29 bits per heavy atom. The van der Waals surface area contributed by atoms with Crippen LogP contribution in [0.3, 0.4) is 0 Å². The minimum Gasteiger partial charge on any atom is -0.384 e. The van der Waals surface area contributed by atoms with E-state index in [1.165, 1.54) is 18.2 Å². The molecule has 0 fully saturated rings. The van der Waals surface area contributed by atoms with Gasteiger partial charge >= 0.3 is 0 Å². The lowest BCUT2D eigenvalue weighted by molar-refractivity contribution is 0.102. The molecule has 0 aliphatic rings. The lowest BCUT2D eigenvalue weighted by Crippen LogP contribution is -2.14. The molecule has 0 aliphatic heterocycles. The molecule has 0 spiro atoms. The van der Waals surface area contributed by atoms with Crippen molar-refractivity contribution in [3.8, 4) is 0 Å². The summed E-state index contributed by atoms with van der Waals surface area (Å²) in [4.78, 5) is 16.4. The van der Waals surface area contributed by atoms with Gasteiger partial charge in [-0.3, -0.25) is 4.79 Å². The fourth-order valence-electron chi connectivity index (χ4n) is 1.93. The van der Waals surface area contributed by atoms with Crippen molar-refractivity contribution in [2.24, 2.45) is 0 Å². The molecular weight excluding hydrogens is 269 g/mol. The van der Waals surface area contributed by atoms with Crippen LogP contribution in [0.5, 0.6) is 0 Å². The van der Waals surface area contributed by atoms with Crippen molar-refractivity contribution in [3.63, 3.8) is 0 Å². The van der Waals surface area contributed by atoms with Gasteiger partial charge in [-0.05, 0) is 48.7 Å². The molecule has 2 rings (SSSR count). The monoisotopic (exact) mass is 287 g/mol. The number of amides is 1. The number of halogens is 1. The number of hydrogen-bond acceptors (Lipinski definition) is 3. The predicted octanol–water partition coefficient (Wildman–Crippen LogP) is 3.49. The maximum Gasteiger partial charge on any atom is 0.255 e. The summed E-state index contributed by atoms with van der Waals surface area (Å²) in [5.74, 6) is -0.116. The quantitative estimate of drug-likeness (QED) is 0.908. The topological polar surface area (TPSA) is 68.0 Å². The smallest absolute Gasteiger partial charge is 0.255 e. The van der Waals surface area contributed by atoms with Crippen LogP contribution in [0.1, 0.15) is 41.4 Å². The Morgan fingerprint density at radius 2 is 2.00 bits per heavy atom. The molecular formula is C16H18FN3O. The number of carbonyl (C=O) groups excluding carboxylic acids is 1. The number of anilines is 2. The fourth-order valence-corrected chi connectivity index (χ4v) is 1.93. The van der Waals surface area contributed by atoms with Crippen LogP contribution in [-0.4, -0.2) is 10.9 Å².